The molecule has 0 aromatic rings. The van der Waals surface area contributed by atoms with Crippen molar-refractivity contribution < 1.29 is 9.90 Å². The second-order valence-electron chi connectivity index (χ2n) is 5.02. The molecule has 0 heterocycles. The summed E-state index contributed by atoms with van der Waals surface area (Å²) in [6.07, 6.45) is 12.3. The Bertz CT molecular complexity index is 333. The topological polar surface area (TPSA) is 49.3 Å². The number of aliphatic hydroxyl groups excluding tert-OH is 1. The van der Waals surface area contributed by atoms with Gasteiger partial charge in [-0.15, -0.1) is 0 Å². The molecule has 94 valence electrons. The van der Waals surface area contributed by atoms with Crippen molar-refractivity contribution in [2.45, 2.75) is 44.6 Å². The molecule has 2 aliphatic carbocycles. The van der Waals surface area contributed by atoms with Crippen LogP contribution in [0.25, 0.3) is 0 Å². The average molecular weight is 235 g/mol. The van der Waals surface area contributed by atoms with Crippen molar-refractivity contribution in [3.63, 3.8) is 0 Å². The predicted octanol–water partition coefficient (Wildman–Crippen LogP) is 1.93. The smallest absolute Gasteiger partial charge is 0.224 e. The van der Waals surface area contributed by atoms with E-state index in [1.807, 2.05) is 12.2 Å². The molecular formula is C14H21NO2. The third kappa shape index (κ3) is 3.70. The first kappa shape index (κ1) is 12.4. The zero-order valence-electron chi connectivity index (χ0n) is 10.2. The summed E-state index contributed by atoms with van der Waals surface area (Å²) in [5.41, 5.74) is 1.29. The molecule has 0 spiro atoms. The van der Waals surface area contributed by atoms with Gasteiger partial charge >= 0.3 is 0 Å². The van der Waals surface area contributed by atoms with Gasteiger partial charge in [-0.3, -0.25) is 4.79 Å². The maximum Gasteiger partial charge on any atom is 0.224 e. The number of carbonyl (C=O) groups is 1. The molecule has 0 aromatic carbocycles. The first-order chi connectivity index (χ1) is 8.28. The third-order valence-corrected chi connectivity index (χ3v) is 3.53. The van der Waals surface area contributed by atoms with E-state index in [9.17, 15) is 4.79 Å². The van der Waals surface area contributed by atoms with Crippen LogP contribution < -0.4 is 5.32 Å². The predicted molar refractivity (Wildman–Crippen MR) is 67.4 cm³/mol. The minimum absolute atomic E-state index is 0.115. The molecule has 0 aliphatic heterocycles. The normalized spacial score (nSPS) is 27.9. The molecule has 1 amide bonds. The lowest BCUT2D eigenvalue weighted by molar-refractivity contribution is -0.120. The molecule has 0 radical (unpaired) electrons. The van der Waals surface area contributed by atoms with Crippen LogP contribution in [0.5, 0.6) is 0 Å². The molecule has 2 atom stereocenters. The van der Waals surface area contributed by atoms with Crippen molar-refractivity contribution in [2.24, 2.45) is 5.92 Å². The van der Waals surface area contributed by atoms with Crippen LogP contribution in [0.1, 0.15) is 38.5 Å². The number of hydrogen-bond donors (Lipinski definition) is 2. The molecule has 3 nitrogen and oxygen atoms in total. The number of aliphatic hydroxyl groups is 1. The van der Waals surface area contributed by atoms with E-state index in [1.54, 1.807) is 0 Å². The summed E-state index contributed by atoms with van der Waals surface area (Å²) in [5, 5.41) is 12.0. The molecule has 2 aliphatic rings. The summed E-state index contributed by atoms with van der Waals surface area (Å²) in [5.74, 6) is 0.334. The lowest BCUT2D eigenvalue weighted by atomic mass is 9.97. The van der Waals surface area contributed by atoms with Crippen molar-refractivity contribution in [2.75, 3.05) is 6.61 Å². The molecule has 0 aromatic heterocycles. The van der Waals surface area contributed by atoms with Gasteiger partial charge in [0.2, 0.25) is 5.91 Å². The highest BCUT2D eigenvalue weighted by Gasteiger charge is 2.20. The lowest BCUT2D eigenvalue weighted by Gasteiger charge is -2.15. The number of allylic oxidation sites excluding steroid dienone is 1. The van der Waals surface area contributed by atoms with Crippen LogP contribution in [0.3, 0.4) is 0 Å². The average Bonchev–Trinajstić information content (AvgIpc) is 2.78. The maximum atomic E-state index is 11.8. The Morgan fingerprint density at radius 2 is 2.29 bits per heavy atom. The van der Waals surface area contributed by atoms with E-state index in [4.69, 9.17) is 5.11 Å². The Balaban J connectivity index is 1.74. The van der Waals surface area contributed by atoms with Crippen molar-refractivity contribution in [3.8, 4) is 0 Å². The van der Waals surface area contributed by atoms with Crippen LogP contribution in [0.15, 0.2) is 23.8 Å². The van der Waals surface area contributed by atoms with E-state index >= 15 is 0 Å². The van der Waals surface area contributed by atoms with Crippen LogP contribution >= 0.6 is 0 Å². The third-order valence-electron chi connectivity index (χ3n) is 3.53. The van der Waals surface area contributed by atoms with E-state index in [0.29, 0.717) is 6.42 Å². The largest absolute Gasteiger partial charge is 0.396 e. The summed E-state index contributed by atoms with van der Waals surface area (Å²) >= 11 is 0. The minimum atomic E-state index is 0.115. The fraction of sp³-hybridized carbons (Fsp3) is 0.643. The van der Waals surface area contributed by atoms with E-state index < -0.39 is 0 Å². The van der Waals surface area contributed by atoms with E-state index in [1.165, 1.54) is 18.4 Å². The second-order valence-corrected chi connectivity index (χ2v) is 5.02. The molecule has 0 unspecified atom stereocenters. The molecule has 2 rings (SSSR count). The van der Waals surface area contributed by atoms with Crippen LogP contribution in [-0.2, 0) is 4.79 Å². The zero-order valence-corrected chi connectivity index (χ0v) is 10.2. The van der Waals surface area contributed by atoms with E-state index in [0.717, 1.165) is 19.3 Å². The summed E-state index contributed by atoms with van der Waals surface area (Å²) in [6, 6.07) is 0.115. The SMILES string of the molecule is O=C(CC1=CCCCC1)N[C@@H]1C=C[C@H](CO)C1. The molecule has 3 heteroatoms. The van der Waals surface area contributed by atoms with Gasteiger partial charge in [0.05, 0.1) is 0 Å². The van der Waals surface area contributed by atoms with Gasteiger partial charge in [0.25, 0.3) is 0 Å². The fourth-order valence-corrected chi connectivity index (χ4v) is 2.55. The van der Waals surface area contributed by atoms with Crippen molar-refractivity contribution in [1.82, 2.24) is 5.32 Å². The quantitative estimate of drug-likeness (QED) is 0.731. The van der Waals surface area contributed by atoms with Crippen molar-refractivity contribution in [1.29, 1.82) is 0 Å². The van der Waals surface area contributed by atoms with Crippen LogP contribution in [0.2, 0.25) is 0 Å². The molecule has 17 heavy (non-hydrogen) atoms. The van der Waals surface area contributed by atoms with Crippen LogP contribution in [-0.4, -0.2) is 23.7 Å². The Morgan fingerprint density at radius 3 is 2.94 bits per heavy atom. The standard InChI is InChI=1S/C14H21NO2/c16-10-12-6-7-13(8-12)15-14(17)9-11-4-2-1-3-5-11/h4,6-7,12-13,16H,1-3,5,8-10H2,(H,15,17)/t12-,13+/m0/s1. The van der Waals surface area contributed by atoms with Gasteiger partial charge < -0.3 is 10.4 Å². The molecular weight excluding hydrogens is 214 g/mol. The zero-order chi connectivity index (χ0) is 12.1. The van der Waals surface area contributed by atoms with Gasteiger partial charge in [0.15, 0.2) is 0 Å². The molecule has 0 saturated carbocycles. The van der Waals surface area contributed by atoms with Gasteiger partial charge in [-0.25, -0.2) is 0 Å². The summed E-state index contributed by atoms with van der Waals surface area (Å²) in [6.45, 7) is 0.175. The molecule has 2 N–H and O–H groups in total. The summed E-state index contributed by atoms with van der Waals surface area (Å²) in [7, 11) is 0. The lowest BCUT2D eigenvalue weighted by Crippen LogP contribution is -2.33. The summed E-state index contributed by atoms with van der Waals surface area (Å²) in [4.78, 5) is 11.8. The first-order valence-electron chi connectivity index (χ1n) is 6.54. The summed E-state index contributed by atoms with van der Waals surface area (Å²) < 4.78 is 0. The van der Waals surface area contributed by atoms with Crippen molar-refractivity contribution in [3.05, 3.63) is 23.8 Å². The number of nitrogens with one attached hydrogen (secondary N) is 1. The Hall–Kier alpha value is -1.09. The number of hydrogen-bond acceptors (Lipinski definition) is 2. The first-order valence-corrected chi connectivity index (χ1v) is 6.54. The number of rotatable bonds is 4. The Kier molecular flexibility index (Phi) is 4.37. The van der Waals surface area contributed by atoms with Gasteiger partial charge in [-0.2, -0.15) is 0 Å². The minimum Gasteiger partial charge on any atom is -0.396 e. The van der Waals surface area contributed by atoms with E-state index in [2.05, 4.69) is 11.4 Å². The fourth-order valence-electron chi connectivity index (χ4n) is 2.55. The van der Waals surface area contributed by atoms with Gasteiger partial charge in [-0.1, -0.05) is 23.8 Å². The molecule has 0 fully saturated rings. The molecule has 0 bridgehead atoms. The molecule has 0 saturated heterocycles. The Morgan fingerprint density at radius 1 is 1.41 bits per heavy atom. The maximum absolute atomic E-state index is 11.8. The van der Waals surface area contributed by atoms with Gasteiger partial charge in [0.1, 0.15) is 0 Å². The highest BCUT2D eigenvalue weighted by molar-refractivity contribution is 5.79. The van der Waals surface area contributed by atoms with Gasteiger partial charge in [-0.05, 0) is 32.1 Å². The number of amides is 1. The van der Waals surface area contributed by atoms with Crippen molar-refractivity contribution >= 4 is 5.91 Å². The van der Waals surface area contributed by atoms with Gasteiger partial charge in [0, 0.05) is 25.0 Å². The van der Waals surface area contributed by atoms with E-state index in [-0.39, 0.29) is 24.5 Å². The number of carbonyl (C=O) groups excluding carboxylic acids is 1. The monoisotopic (exact) mass is 235 g/mol. The van der Waals surface area contributed by atoms with Crippen LogP contribution in [0, 0.1) is 5.92 Å². The highest BCUT2D eigenvalue weighted by Crippen LogP contribution is 2.21. The highest BCUT2D eigenvalue weighted by atomic mass is 16.3. The van der Waals surface area contributed by atoms with Crippen LogP contribution in [0.4, 0.5) is 0 Å². The second kappa shape index (κ2) is 6.01. The Labute approximate surface area is 103 Å².